The van der Waals surface area contributed by atoms with Crippen molar-refractivity contribution in [1.82, 2.24) is 5.32 Å². The van der Waals surface area contributed by atoms with Crippen LogP contribution in [0.4, 0.5) is 0 Å². The van der Waals surface area contributed by atoms with Crippen molar-refractivity contribution < 1.29 is 33.6 Å². The third-order valence-electron chi connectivity index (χ3n) is 6.41. The predicted octanol–water partition coefficient (Wildman–Crippen LogP) is 0.849. The molecular weight excluding hydrogens is 366 g/mol. The SMILES string of the molecule is COC1CC2NC3OCCC3C(OC)C2CC1OC[C@@H](OC(C)=O)C(C)(C)O. The van der Waals surface area contributed by atoms with E-state index in [9.17, 15) is 9.90 Å². The average molecular weight is 402 g/mol. The Hall–Kier alpha value is -0.770. The molecule has 8 heteroatoms. The van der Waals surface area contributed by atoms with Gasteiger partial charge in [-0.15, -0.1) is 0 Å². The van der Waals surface area contributed by atoms with E-state index >= 15 is 0 Å². The molecular formula is C20H35NO7. The number of rotatable bonds is 7. The predicted molar refractivity (Wildman–Crippen MR) is 101 cm³/mol. The van der Waals surface area contributed by atoms with Crippen LogP contribution in [0.3, 0.4) is 0 Å². The van der Waals surface area contributed by atoms with E-state index in [-0.39, 0.29) is 37.2 Å². The Morgan fingerprint density at radius 2 is 1.96 bits per heavy atom. The number of piperidine rings is 1. The molecule has 0 radical (unpaired) electrons. The largest absolute Gasteiger partial charge is 0.457 e. The van der Waals surface area contributed by atoms with Gasteiger partial charge in [0.05, 0.1) is 30.5 Å². The second-order valence-corrected chi connectivity index (χ2v) is 8.75. The summed E-state index contributed by atoms with van der Waals surface area (Å²) in [5.74, 6) is 0.195. The molecule has 0 aromatic heterocycles. The third-order valence-corrected chi connectivity index (χ3v) is 6.41. The van der Waals surface area contributed by atoms with Gasteiger partial charge in [0, 0.05) is 45.6 Å². The number of methoxy groups -OCH3 is 2. The Balaban J connectivity index is 1.68. The Kier molecular flexibility index (Phi) is 7.00. The van der Waals surface area contributed by atoms with Crippen LogP contribution >= 0.6 is 0 Å². The molecule has 162 valence electrons. The van der Waals surface area contributed by atoms with Gasteiger partial charge in [-0.25, -0.2) is 0 Å². The quantitative estimate of drug-likeness (QED) is 0.606. The highest BCUT2D eigenvalue weighted by molar-refractivity contribution is 5.66. The lowest BCUT2D eigenvalue weighted by atomic mass is 9.71. The monoisotopic (exact) mass is 401 g/mol. The molecule has 0 aromatic rings. The Labute approximate surface area is 167 Å². The van der Waals surface area contributed by atoms with Gasteiger partial charge in [0.25, 0.3) is 0 Å². The van der Waals surface area contributed by atoms with Crippen LogP contribution in [0.2, 0.25) is 0 Å². The fourth-order valence-electron chi connectivity index (χ4n) is 4.93. The topological polar surface area (TPSA) is 95.5 Å². The fraction of sp³-hybridized carbons (Fsp3) is 0.950. The van der Waals surface area contributed by atoms with Crippen LogP contribution in [0.15, 0.2) is 0 Å². The highest BCUT2D eigenvalue weighted by Crippen LogP contribution is 2.42. The van der Waals surface area contributed by atoms with Crippen molar-refractivity contribution >= 4 is 5.97 Å². The van der Waals surface area contributed by atoms with Crippen LogP contribution in [0.5, 0.6) is 0 Å². The van der Waals surface area contributed by atoms with Gasteiger partial charge in [-0.3, -0.25) is 10.1 Å². The van der Waals surface area contributed by atoms with Crippen LogP contribution in [0, 0.1) is 11.8 Å². The van der Waals surface area contributed by atoms with Gasteiger partial charge in [-0.05, 0) is 33.1 Å². The van der Waals surface area contributed by atoms with Crippen molar-refractivity contribution in [2.45, 2.75) is 82.3 Å². The highest BCUT2D eigenvalue weighted by Gasteiger charge is 2.51. The molecule has 1 aliphatic carbocycles. The Bertz CT molecular complexity index is 537. The lowest BCUT2D eigenvalue weighted by Gasteiger charge is -2.50. The van der Waals surface area contributed by atoms with E-state index in [0.717, 1.165) is 25.9 Å². The number of fused-ring (bicyclic) bond motifs is 2. The zero-order valence-corrected chi connectivity index (χ0v) is 17.6. The molecule has 2 heterocycles. The summed E-state index contributed by atoms with van der Waals surface area (Å²) in [5, 5.41) is 14.0. The van der Waals surface area contributed by atoms with Crippen molar-refractivity contribution in [3.05, 3.63) is 0 Å². The molecule has 8 atom stereocenters. The fourth-order valence-corrected chi connectivity index (χ4v) is 4.93. The lowest BCUT2D eigenvalue weighted by Crippen LogP contribution is -2.63. The number of ether oxygens (including phenoxy) is 5. The van der Waals surface area contributed by atoms with E-state index in [1.807, 2.05) is 0 Å². The molecule has 7 unspecified atom stereocenters. The maximum Gasteiger partial charge on any atom is 0.303 e. The van der Waals surface area contributed by atoms with Gasteiger partial charge in [-0.1, -0.05) is 0 Å². The van der Waals surface area contributed by atoms with Gasteiger partial charge < -0.3 is 28.8 Å². The maximum absolute atomic E-state index is 11.4. The van der Waals surface area contributed by atoms with Gasteiger partial charge in [0.1, 0.15) is 6.23 Å². The number of carbonyl (C=O) groups excluding carboxylic acids is 1. The standard InChI is InChI=1S/C20H35NO7/c1-11(22)28-17(20(2,3)23)10-27-16-8-13-14(9-15(16)24-4)21-19-12(6-7-26-19)18(13)25-5/h12-19,21,23H,6-10H2,1-5H3/t12?,13?,14?,15?,16?,17-,18?,19?/m1/s1. The van der Waals surface area contributed by atoms with E-state index in [0.29, 0.717) is 11.8 Å². The van der Waals surface area contributed by atoms with Gasteiger partial charge in [-0.2, -0.15) is 0 Å². The van der Waals surface area contributed by atoms with E-state index in [4.69, 9.17) is 23.7 Å². The molecule has 28 heavy (non-hydrogen) atoms. The molecule has 3 aliphatic rings. The zero-order chi connectivity index (χ0) is 20.5. The Morgan fingerprint density at radius 1 is 1.21 bits per heavy atom. The normalized spacial score (nSPS) is 39.1. The molecule has 0 spiro atoms. The van der Waals surface area contributed by atoms with E-state index in [2.05, 4.69) is 5.32 Å². The lowest BCUT2D eigenvalue weighted by molar-refractivity contribution is -0.184. The van der Waals surface area contributed by atoms with Crippen LogP contribution in [0.25, 0.3) is 0 Å². The summed E-state index contributed by atoms with van der Waals surface area (Å²) in [6, 6.07) is 0.243. The van der Waals surface area contributed by atoms with Gasteiger partial charge in [0.15, 0.2) is 6.10 Å². The number of esters is 1. The molecule has 3 fully saturated rings. The number of aliphatic hydroxyl groups is 1. The number of nitrogens with one attached hydrogen (secondary N) is 1. The van der Waals surface area contributed by atoms with Gasteiger partial charge in [0.2, 0.25) is 0 Å². The van der Waals surface area contributed by atoms with E-state index < -0.39 is 17.7 Å². The molecule has 3 rings (SSSR count). The second-order valence-electron chi connectivity index (χ2n) is 8.75. The van der Waals surface area contributed by atoms with Crippen molar-refractivity contribution in [3.63, 3.8) is 0 Å². The smallest absolute Gasteiger partial charge is 0.303 e. The number of hydrogen-bond acceptors (Lipinski definition) is 8. The molecule has 0 bridgehead atoms. The first-order valence-corrected chi connectivity index (χ1v) is 10.2. The number of carbonyl (C=O) groups is 1. The summed E-state index contributed by atoms with van der Waals surface area (Å²) in [6.45, 7) is 5.43. The number of hydrogen-bond donors (Lipinski definition) is 2. The molecule has 8 nitrogen and oxygen atoms in total. The van der Waals surface area contributed by atoms with E-state index in [1.54, 1.807) is 28.1 Å². The molecule has 0 amide bonds. The molecule has 2 aliphatic heterocycles. The summed E-state index contributed by atoms with van der Waals surface area (Å²) < 4.78 is 28.9. The first-order valence-electron chi connectivity index (χ1n) is 10.2. The first kappa shape index (κ1) is 21.9. The van der Waals surface area contributed by atoms with Crippen molar-refractivity contribution in [1.29, 1.82) is 0 Å². The van der Waals surface area contributed by atoms with Gasteiger partial charge >= 0.3 is 5.97 Å². The van der Waals surface area contributed by atoms with Crippen LogP contribution in [0.1, 0.15) is 40.0 Å². The minimum absolute atomic E-state index is 0.0460. The molecule has 2 N–H and O–H groups in total. The van der Waals surface area contributed by atoms with Crippen molar-refractivity contribution in [2.75, 3.05) is 27.4 Å². The average Bonchev–Trinajstić information content (AvgIpc) is 3.09. The third kappa shape index (κ3) is 4.68. The summed E-state index contributed by atoms with van der Waals surface area (Å²) in [5.41, 5.74) is -1.19. The van der Waals surface area contributed by atoms with Crippen LogP contribution in [-0.4, -0.2) is 80.8 Å². The highest BCUT2D eigenvalue weighted by atomic mass is 16.6. The summed E-state index contributed by atoms with van der Waals surface area (Å²) in [7, 11) is 3.46. The zero-order valence-electron chi connectivity index (χ0n) is 17.6. The minimum Gasteiger partial charge on any atom is -0.457 e. The molecule has 0 aromatic carbocycles. The van der Waals surface area contributed by atoms with Crippen molar-refractivity contribution in [2.24, 2.45) is 11.8 Å². The summed E-state index contributed by atoms with van der Waals surface area (Å²) in [4.78, 5) is 11.4. The second kappa shape index (κ2) is 8.93. The molecule has 2 saturated heterocycles. The maximum atomic E-state index is 11.4. The van der Waals surface area contributed by atoms with E-state index in [1.165, 1.54) is 6.92 Å². The first-order chi connectivity index (χ1) is 13.2. The Morgan fingerprint density at radius 3 is 2.57 bits per heavy atom. The molecule has 1 saturated carbocycles. The van der Waals surface area contributed by atoms with Crippen LogP contribution in [-0.2, 0) is 28.5 Å². The van der Waals surface area contributed by atoms with Crippen LogP contribution < -0.4 is 5.32 Å². The van der Waals surface area contributed by atoms with Crippen molar-refractivity contribution in [3.8, 4) is 0 Å². The summed E-state index contributed by atoms with van der Waals surface area (Å²) >= 11 is 0. The minimum atomic E-state index is -1.19. The summed E-state index contributed by atoms with van der Waals surface area (Å²) in [6.07, 6.45) is 1.72.